The van der Waals surface area contributed by atoms with Crippen molar-refractivity contribution in [3.05, 3.63) is 29.8 Å². The van der Waals surface area contributed by atoms with Crippen molar-refractivity contribution < 1.29 is 9.59 Å². The molecule has 0 aromatic heterocycles. The number of hydrogen-bond donors (Lipinski definition) is 3. The van der Waals surface area contributed by atoms with Gasteiger partial charge >= 0.3 is 0 Å². The quantitative estimate of drug-likeness (QED) is 0.780. The summed E-state index contributed by atoms with van der Waals surface area (Å²) in [5.41, 5.74) is 1.32. The largest absolute Gasteiger partial charge is 0.352 e. The van der Waals surface area contributed by atoms with Crippen LogP contribution >= 0.6 is 0 Å². The third-order valence-electron chi connectivity index (χ3n) is 3.38. The molecule has 1 heterocycles. The summed E-state index contributed by atoms with van der Waals surface area (Å²) in [5.74, 6) is -0.102. The Bertz CT molecular complexity index is 465. The Hall–Kier alpha value is -1.88. The fourth-order valence-corrected chi connectivity index (χ4v) is 2.27. The fraction of sp³-hybridized carbons (Fsp3) is 0.467. The first-order valence-corrected chi connectivity index (χ1v) is 7.13. The van der Waals surface area contributed by atoms with Gasteiger partial charge in [0.15, 0.2) is 0 Å². The van der Waals surface area contributed by atoms with E-state index < -0.39 is 0 Å². The molecule has 2 amide bonds. The third kappa shape index (κ3) is 3.81. The van der Waals surface area contributed by atoms with Crippen LogP contribution in [0.5, 0.6) is 0 Å². The predicted octanol–water partition coefficient (Wildman–Crippen LogP) is 1.52. The molecule has 20 heavy (non-hydrogen) atoms. The Morgan fingerprint density at radius 3 is 2.60 bits per heavy atom. The van der Waals surface area contributed by atoms with E-state index in [0.717, 1.165) is 31.5 Å². The van der Waals surface area contributed by atoms with Crippen LogP contribution in [0.1, 0.15) is 36.5 Å². The highest BCUT2D eigenvalue weighted by Crippen LogP contribution is 2.13. The second-order valence-corrected chi connectivity index (χ2v) is 4.93. The van der Waals surface area contributed by atoms with Gasteiger partial charge in [0.1, 0.15) is 0 Å². The minimum Gasteiger partial charge on any atom is -0.352 e. The summed E-state index contributed by atoms with van der Waals surface area (Å²) in [7, 11) is 0. The predicted molar refractivity (Wildman–Crippen MR) is 78.7 cm³/mol. The van der Waals surface area contributed by atoms with Crippen LogP contribution in [0.25, 0.3) is 0 Å². The Balaban J connectivity index is 1.92. The molecule has 0 bridgehead atoms. The topological polar surface area (TPSA) is 70.2 Å². The second-order valence-electron chi connectivity index (χ2n) is 4.93. The average Bonchev–Trinajstić information content (AvgIpc) is 2.49. The van der Waals surface area contributed by atoms with E-state index in [9.17, 15) is 9.59 Å². The molecule has 1 aliphatic heterocycles. The lowest BCUT2D eigenvalue weighted by Gasteiger charge is -2.22. The molecule has 1 saturated heterocycles. The SMILES string of the molecule is CCNC(=O)c1ccc(NC(=O)C2CCCCN2)cc1. The Kier molecular flexibility index (Phi) is 5.12. The lowest BCUT2D eigenvalue weighted by atomic mass is 10.0. The van der Waals surface area contributed by atoms with Gasteiger partial charge in [-0.1, -0.05) is 6.42 Å². The van der Waals surface area contributed by atoms with Crippen LogP contribution in [-0.2, 0) is 4.79 Å². The minimum atomic E-state index is -0.105. The zero-order valence-corrected chi connectivity index (χ0v) is 11.7. The molecule has 0 aliphatic carbocycles. The van der Waals surface area contributed by atoms with Crippen molar-refractivity contribution in [2.45, 2.75) is 32.2 Å². The number of benzene rings is 1. The zero-order valence-electron chi connectivity index (χ0n) is 11.7. The van der Waals surface area contributed by atoms with E-state index in [1.54, 1.807) is 24.3 Å². The Morgan fingerprint density at radius 1 is 1.25 bits per heavy atom. The van der Waals surface area contributed by atoms with Gasteiger partial charge in [0.2, 0.25) is 5.91 Å². The van der Waals surface area contributed by atoms with Crippen molar-refractivity contribution in [3.8, 4) is 0 Å². The maximum Gasteiger partial charge on any atom is 0.251 e. The first kappa shape index (κ1) is 14.5. The Morgan fingerprint density at radius 2 is 2.00 bits per heavy atom. The van der Waals surface area contributed by atoms with Crippen molar-refractivity contribution in [2.75, 3.05) is 18.4 Å². The number of anilines is 1. The van der Waals surface area contributed by atoms with Crippen LogP contribution in [0.2, 0.25) is 0 Å². The number of hydrogen-bond acceptors (Lipinski definition) is 3. The number of nitrogens with one attached hydrogen (secondary N) is 3. The van der Waals surface area contributed by atoms with Gasteiger partial charge in [-0.3, -0.25) is 9.59 Å². The molecule has 3 N–H and O–H groups in total. The zero-order chi connectivity index (χ0) is 14.4. The van der Waals surface area contributed by atoms with Crippen molar-refractivity contribution in [3.63, 3.8) is 0 Å². The second kappa shape index (κ2) is 7.05. The van der Waals surface area contributed by atoms with Crippen LogP contribution in [0, 0.1) is 0 Å². The van der Waals surface area contributed by atoms with Gasteiger partial charge in [-0.15, -0.1) is 0 Å². The van der Waals surface area contributed by atoms with Gasteiger partial charge in [0.05, 0.1) is 6.04 Å². The molecule has 1 fully saturated rings. The number of carbonyl (C=O) groups excluding carboxylic acids is 2. The summed E-state index contributed by atoms with van der Waals surface area (Å²) in [6.45, 7) is 3.38. The lowest BCUT2D eigenvalue weighted by Crippen LogP contribution is -2.43. The molecule has 1 atom stereocenters. The number of rotatable bonds is 4. The normalized spacial score (nSPS) is 18.4. The van der Waals surface area contributed by atoms with Gasteiger partial charge in [-0.25, -0.2) is 0 Å². The summed E-state index contributed by atoms with van der Waals surface area (Å²) in [6, 6.07) is 6.84. The van der Waals surface area contributed by atoms with E-state index in [-0.39, 0.29) is 17.9 Å². The van der Waals surface area contributed by atoms with Gasteiger partial charge in [0, 0.05) is 17.8 Å². The Labute approximate surface area is 119 Å². The highest BCUT2D eigenvalue weighted by atomic mass is 16.2. The maximum absolute atomic E-state index is 12.0. The van der Waals surface area contributed by atoms with Crippen LogP contribution in [0.15, 0.2) is 24.3 Å². The molecule has 5 nitrogen and oxygen atoms in total. The van der Waals surface area contributed by atoms with Crippen molar-refractivity contribution >= 4 is 17.5 Å². The van der Waals surface area contributed by atoms with Crippen LogP contribution < -0.4 is 16.0 Å². The molecule has 0 spiro atoms. The van der Waals surface area contributed by atoms with Gasteiger partial charge in [0.25, 0.3) is 5.91 Å². The van der Waals surface area contributed by atoms with E-state index in [4.69, 9.17) is 0 Å². The van der Waals surface area contributed by atoms with E-state index >= 15 is 0 Å². The molecule has 1 aromatic carbocycles. The summed E-state index contributed by atoms with van der Waals surface area (Å²) >= 11 is 0. The van der Waals surface area contributed by atoms with Crippen molar-refractivity contribution in [2.24, 2.45) is 0 Å². The van der Waals surface area contributed by atoms with Crippen LogP contribution in [-0.4, -0.2) is 30.9 Å². The molecule has 1 aliphatic rings. The highest BCUT2D eigenvalue weighted by molar-refractivity contribution is 5.97. The standard InChI is InChI=1S/C15H21N3O2/c1-2-16-14(19)11-6-8-12(9-7-11)18-15(20)13-5-3-4-10-17-13/h6-9,13,17H,2-5,10H2,1H3,(H,16,19)(H,18,20). The molecule has 108 valence electrons. The number of piperidine rings is 1. The smallest absolute Gasteiger partial charge is 0.251 e. The molecule has 0 saturated carbocycles. The van der Waals surface area contributed by atoms with Crippen molar-refractivity contribution in [1.29, 1.82) is 0 Å². The minimum absolute atomic E-state index is 0.00420. The third-order valence-corrected chi connectivity index (χ3v) is 3.38. The summed E-state index contributed by atoms with van der Waals surface area (Å²) in [4.78, 5) is 23.7. The van der Waals surface area contributed by atoms with Gasteiger partial charge in [-0.2, -0.15) is 0 Å². The first-order valence-electron chi connectivity index (χ1n) is 7.13. The number of amides is 2. The molecular formula is C15H21N3O2. The molecule has 5 heteroatoms. The summed E-state index contributed by atoms with van der Waals surface area (Å²) in [5, 5.41) is 8.82. The van der Waals surface area contributed by atoms with Gasteiger partial charge < -0.3 is 16.0 Å². The van der Waals surface area contributed by atoms with E-state index in [1.165, 1.54) is 0 Å². The first-order chi connectivity index (χ1) is 9.70. The molecule has 1 aromatic rings. The van der Waals surface area contributed by atoms with Crippen molar-refractivity contribution in [1.82, 2.24) is 10.6 Å². The van der Waals surface area contributed by atoms with E-state index in [1.807, 2.05) is 6.92 Å². The fourth-order valence-electron chi connectivity index (χ4n) is 2.27. The highest BCUT2D eigenvalue weighted by Gasteiger charge is 2.20. The summed E-state index contributed by atoms with van der Waals surface area (Å²) in [6.07, 6.45) is 3.09. The molecular weight excluding hydrogens is 254 g/mol. The molecule has 1 unspecified atom stereocenters. The maximum atomic E-state index is 12.0. The van der Waals surface area contributed by atoms with Gasteiger partial charge in [-0.05, 0) is 50.6 Å². The molecule has 2 rings (SSSR count). The monoisotopic (exact) mass is 275 g/mol. The lowest BCUT2D eigenvalue weighted by molar-refractivity contribution is -0.118. The molecule has 0 radical (unpaired) electrons. The van der Waals surface area contributed by atoms with E-state index in [2.05, 4.69) is 16.0 Å². The average molecular weight is 275 g/mol. The van der Waals surface area contributed by atoms with Crippen LogP contribution in [0.3, 0.4) is 0 Å². The van der Waals surface area contributed by atoms with E-state index in [0.29, 0.717) is 12.1 Å². The van der Waals surface area contributed by atoms with Crippen LogP contribution in [0.4, 0.5) is 5.69 Å². The summed E-state index contributed by atoms with van der Waals surface area (Å²) < 4.78 is 0. The number of carbonyl (C=O) groups is 2.